The average molecular weight is 269 g/mol. The Morgan fingerprint density at radius 2 is 2.47 bits per heavy atom. The first-order valence-electron chi connectivity index (χ1n) is 4.94. The maximum atomic E-state index is 5.83. The van der Waals surface area contributed by atoms with Crippen molar-refractivity contribution >= 4 is 15.9 Å². The van der Waals surface area contributed by atoms with Crippen molar-refractivity contribution in [3.05, 3.63) is 41.4 Å². The topological polar surface area (TPSA) is 21.8 Å². The largest absolute Gasteiger partial charge is 0.487 e. The summed E-state index contributed by atoms with van der Waals surface area (Å²) in [6.45, 7) is 4.52. The van der Waals surface area contributed by atoms with Gasteiger partial charge in [-0.15, -0.1) is 6.58 Å². The molecule has 2 unspecified atom stereocenters. The van der Waals surface area contributed by atoms with Gasteiger partial charge in [-0.3, -0.25) is 0 Å². The molecule has 0 aliphatic carbocycles. The Bertz CT molecular complexity index is 347. The lowest BCUT2D eigenvalue weighted by Gasteiger charge is -2.15. The van der Waals surface area contributed by atoms with Crippen molar-refractivity contribution in [2.24, 2.45) is 0 Å². The molecule has 2 rings (SSSR count). The monoisotopic (exact) mass is 268 g/mol. The first-order valence-corrected chi connectivity index (χ1v) is 5.73. The van der Waals surface area contributed by atoms with Gasteiger partial charge >= 0.3 is 0 Å². The van der Waals surface area contributed by atoms with Crippen LogP contribution in [0, 0.1) is 0 Å². The van der Waals surface area contributed by atoms with Crippen molar-refractivity contribution in [3.8, 4) is 5.75 Å². The minimum atomic E-state index is 0.0943. The van der Waals surface area contributed by atoms with Gasteiger partial charge in [-0.25, -0.2) is 0 Å². The van der Waals surface area contributed by atoms with E-state index in [0.29, 0.717) is 0 Å². The molecule has 1 heterocycles. The van der Waals surface area contributed by atoms with Gasteiger partial charge in [0.15, 0.2) is 0 Å². The number of hydrogen-bond donors (Lipinski definition) is 0. The lowest BCUT2D eigenvalue weighted by atomic mass is 10.2. The standard InChI is InChI=1S/C12H13BrO2/c1-2-4-11(12-8-14-12)15-10-6-3-5-9(13)7-10/h2-3,5-7,11-12H,1,4,8H2. The van der Waals surface area contributed by atoms with E-state index in [2.05, 4.69) is 22.5 Å². The van der Waals surface area contributed by atoms with Crippen LogP contribution >= 0.6 is 15.9 Å². The SMILES string of the molecule is C=CCC(Oc1cccc(Br)c1)C1CO1. The van der Waals surface area contributed by atoms with Gasteiger partial charge < -0.3 is 9.47 Å². The van der Waals surface area contributed by atoms with E-state index in [-0.39, 0.29) is 12.2 Å². The number of ether oxygens (including phenoxy) is 2. The Balaban J connectivity index is 2.01. The second-order valence-electron chi connectivity index (χ2n) is 3.51. The van der Waals surface area contributed by atoms with E-state index in [4.69, 9.17) is 9.47 Å². The van der Waals surface area contributed by atoms with Crippen molar-refractivity contribution in [3.63, 3.8) is 0 Å². The Kier molecular flexibility index (Phi) is 3.44. The van der Waals surface area contributed by atoms with Crippen molar-refractivity contribution < 1.29 is 9.47 Å². The summed E-state index contributed by atoms with van der Waals surface area (Å²) in [5, 5.41) is 0. The molecule has 15 heavy (non-hydrogen) atoms. The predicted molar refractivity (Wildman–Crippen MR) is 63.1 cm³/mol. The second-order valence-corrected chi connectivity index (χ2v) is 4.43. The van der Waals surface area contributed by atoms with Gasteiger partial charge in [0.25, 0.3) is 0 Å². The summed E-state index contributed by atoms with van der Waals surface area (Å²) >= 11 is 3.41. The second kappa shape index (κ2) is 4.81. The van der Waals surface area contributed by atoms with E-state index < -0.39 is 0 Å². The van der Waals surface area contributed by atoms with Crippen LogP contribution in [0.25, 0.3) is 0 Å². The highest BCUT2D eigenvalue weighted by Crippen LogP contribution is 2.25. The lowest BCUT2D eigenvalue weighted by molar-refractivity contribution is 0.162. The molecule has 2 atom stereocenters. The zero-order valence-electron chi connectivity index (χ0n) is 8.36. The van der Waals surface area contributed by atoms with Crippen LogP contribution in [-0.2, 0) is 4.74 Å². The highest BCUT2D eigenvalue weighted by atomic mass is 79.9. The molecule has 1 aliphatic rings. The Morgan fingerprint density at radius 3 is 3.07 bits per heavy atom. The molecular formula is C12H13BrO2. The van der Waals surface area contributed by atoms with Crippen LogP contribution in [0.3, 0.4) is 0 Å². The predicted octanol–water partition coefficient (Wildman–Crippen LogP) is 3.17. The van der Waals surface area contributed by atoms with Gasteiger partial charge in [0.1, 0.15) is 18.0 Å². The fourth-order valence-corrected chi connectivity index (χ4v) is 1.80. The quantitative estimate of drug-likeness (QED) is 0.605. The Labute approximate surface area is 98.0 Å². The van der Waals surface area contributed by atoms with Gasteiger partial charge in [0.05, 0.1) is 6.61 Å². The molecule has 1 aromatic rings. The van der Waals surface area contributed by atoms with Crippen LogP contribution < -0.4 is 4.74 Å². The molecule has 0 bridgehead atoms. The van der Waals surface area contributed by atoms with E-state index >= 15 is 0 Å². The van der Waals surface area contributed by atoms with Crippen LogP contribution in [0.5, 0.6) is 5.75 Å². The summed E-state index contributed by atoms with van der Waals surface area (Å²) in [6.07, 6.45) is 3.01. The van der Waals surface area contributed by atoms with Crippen LogP contribution in [0.15, 0.2) is 41.4 Å². The van der Waals surface area contributed by atoms with E-state index in [1.807, 2.05) is 30.3 Å². The molecule has 1 aliphatic heterocycles. The molecule has 0 amide bonds. The molecule has 1 fully saturated rings. The lowest BCUT2D eigenvalue weighted by Crippen LogP contribution is -2.22. The van der Waals surface area contributed by atoms with Crippen LogP contribution in [0.2, 0.25) is 0 Å². The van der Waals surface area contributed by atoms with Crippen molar-refractivity contribution in [2.75, 3.05) is 6.61 Å². The summed E-state index contributed by atoms with van der Waals surface area (Å²) in [7, 11) is 0. The number of benzene rings is 1. The van der Waals surface area contributed by atoms with Gasteiger partial charge in [0, 0.05) is 10.9 Å². The molecule has 1 aromatic carbocycles. The Hall–Kier alpha value is -0.800. The van der Waals surface area contributed by atoms with Crippen molar-refractivity contribution in [2.45, 2.75) is 18.6 Å². The van der Waals surface area contributed by atoms with E-state index in [0.717, 1.165) is 23.2 Å². The molecule has 2 nitrogen and oxygen atoms in total. The Morgan fingerprint density at radius 1 is 1.67 bits per heavy atom. The zero-order valence-corrected chi connectivity index (χ0v) is 9.94. The number of hydrogen-bond acceptors (Lipinski definition) is 2. The normalized spacial score (nSPS) is 20.7. The van der Waals surface area contributed by atoms with Crippen LogP contribution in [0.1, 0.15) is 6.42 Å². The summed E-state index contributed by atoms with van der Waals surface area (Å²) in [4.78, 5) is 0. The number of rotatable bonds is 5. The third-order valence-corrected chi connectivity index (χ3v) is 2.75. The molecule has 0 aromatic heterocycles. The molecule has 0 spiro atoms. The third-order valence-electron chi connectivity index (χ3n) is 2.26. The summed E-state index contributed by atoms with van der Waals surface area (Å²) < 4.78 is 12.1. The minimum Gasteiger partial charge on any atom is -0.487 e. The maximum absolute atomic E-state index is 5.83. The van der Waals surface area contributed by atoms with Gasteiger partial charge in [-0.05, 0) is 18.2 Å². The first kappa shape index (κ1) is 10.7. The zero-order chi connectivity index (χ0) is 10.7. The smallest absolute Gasteiger partial charge is 0.130 e. The van der Waals surface area contributed by atoms with Crippen molar-refractivity contribution in [1.82, 2.24) is 0 Å². The fourth-order valence-electron chi connectivity index (χ4n) is 1.43. The molecule has 80 valence electrons. The summed E-state index contributed by atoms with van der Waals surface area (Å²) in [5.74, 6) is 0.867. The first-order chi connectivity index (χ1) is 7.29. The van der Waals surface area contributed by atoms with E-state index in [9.17, 15) is 0 Å². The molecule has 1 saturated heterocycles. The number of epoxide rings is 1. The molecular weight excluding hydrogens is 256 g/mol. The van der Waals surface area contributed by atoms with Crippen LogP contribution in [-0.4, -0.2) is 18.8 Å². The highest BCUT2D eigenvalue weighted by molar-refractivity contribution is 9.10. The minimum absolute atomic E-state index is 0.0943. The fraction of sp³-hybridized carbons (Fsp3) is 0.333. The average Bonchev–Trinajstić information content (AvgIpc) is 3.00. The molecule has 3 heteroatoms. The summed E-state index contributed by atoms with van der Waals surface area (Å²) in [6, 6.07) is 7.84. The van der Waals surface area contributed by atoms with E-state index in [1.54, 1.807) is 0 Å². The van der Waals surface area contributed by atoms with Gasteiger partial charge in [0.2, 0.25) is 0 Å². The molecule has 0 N–H and O–H groups in total. The summed E-state index contributed by atoms with van der Waals surface area (Å²) in [5.41, 5.74) is 0. The molecule has 0 radical (unpaired) electrons. The number of halogens is 1. The highest BCUT2D eigenvalue weighted by Gasteiger charge is 2.33. The van der Waals surface area contributed by atoms with E-state index in [1.165, 1.54) is 0 Å². The third kappa shape index (κ3) is 3.08. The van der Waals surface area contributed by atoms with Gasteiger partial charge in [-0.2, -0.15) is 0 Å². The maximum Gasteiger partial charge on any atom is 0.130 e. The van der Waals surface area contributed by atoms with Crippen LogP contribution in [0.4, 0.5) is 0 Å². The van der Waals surface area contributed by atoms with Crippen molar-refractivity contribution in [1.29, 1.82) is 0 Å². The van der Waals surface area contributed by atoms with Gasteiger partial charge in [-0.1, -0.05) is 28.1 Å². The molecule has 0 saturated carbocycles.